The third-order valence-electron chi connectivity index (χ3n) is 6.43. The molecule has 32 heavy (non-hydrogen) atoms. The first-order valence-corrected chi connectivity index (χ1v) is 11.9. The molecular formula is C28H27BrN2O. The molecule has 1 atom stereocenters. The summed E-state index contributed by atoms with van der Waals surface area (Å²) in [6.07, 6.45) is 1.40. The summed E-state index contributed by atoms with van der Waals surface area (Å²) in [6.45, 7) is 5.02. The van der Waals surface area contributed by atoms with E-state index in [2.05, 4.69) is 106 Å². The Bertz CT molecular complexity index is 1170. The van der Waals surface area contributed by atoms with Crippen LogP contribution in [0.3, 0.4) is 0 Å². The molecule has 0 saturated heterocycles. The summed E-state index contributed by atoms with van der Waals surface area (Å²) in [5.41, 5.74) is 5.44. The SMILES string of the molecule is CC1(C)CC(=O)C2=C(C1)N(c1ccccc1)C(c1ccccc1Br)N(c1ccccc1)C2. The number of carbonyl (C=O) groups is 1. The summed E-state index contributed by atoms with van der Waals surface area (Å²) >= 11 is 3.82. The van der Waals surface area contributed by atoms with Crippen LogP contribution in [0.25, 0.3) is 0 Å². The van der Waals surface area contributed by atoms with Crippen molar-refractivity contribution in [1.29, 1.82) is 0 Å². The fraction of sp³-hybridized carbons (Fsp3) is 0.250. The highest BCUT2D eigenvalue weighted by Crippen LogP contribution is 2.48. The van der Waals surface area contributed by atoms with Crippen LogP contribution in [-0.2, 0) is 4.79 Å². The molecule has 0 aromatic heterocycles. The highest BCUT2D eigenvalue weighted by molar-refractivity contribution is 9.10. The summed E-state index contributed by atoms with van der Waals surface area (Å²) in [4.78, 5) is 18.1. The van der Waals surface area contributed by atoms with Gasteiger partial charge in [-0.2, -0.15) is 0 Å². The number of para-hydroxylation sites is 2. The zero-order valence-electron chi connectivity index (χ0n) is 18.5. The number of Topliss-reactive ketones (excluding diaryl/α,β-unsaturated/α-hetero) is 1. The topological polar surface area (TPSA) is 23.6 Å². The van der Waals surface area contributed by atoms with Crippen molar-refractivity contribution in [3.05, 3.63) is 106 Å². The molecular weight excluding hydrogens is 460 g/mol. The first kappa shape index (κ1) is 21.0. The van der Waals surface area contributed by atoms with Gasteiger partial charge in [-0.3, -0.25) is 4.79 Å². The molecule has 0 saturated carbocycles. The van der Waals surface area contributed by atoms with Crippen LogP contribution in [0.1, 0.15) is 38.4 Å². The van der Waals surface area contributed by atoms with Gasteiger partial charge in [-0.15, -0.1) is 0 Å². The number of halogens is 1. The van der Waals surface area contributed by atoms with Crippen LogP contribution in [0.2, 0.25) is 0 Å². The van der Waals surface area contributed by atoms with Gasteiger partial charge in [-0.05, 0) is 42.2 Å². The number of hydrogen-bond donors (Lipinski definition) is 0. The lowest BCUT2D eigenvalue weighted by Crippen LogP contribution is -2.51. The molecule has 1 unspecified atom stereocenters. The molecule has 0 N–H and O–H groups in total. The van der Waals surface area contributed by atoms with E-state index < -0.39 is 0 Å². The quantitative estimate of drug-likeness (QED) is 0.393. The molecule has 3 aromatic rings. The fourth-order valence-corrected chi connectivity index (χ4v) is 5.50. The lowest BCUT2D eigenvalue weighted by Gasteiger charge is -2.51. The number of rotatable bonds is 3. The Hall–Kier alpha value is -2.85. The predicted molar refractivity (Wildman–Crippen MR) is 135 cm³/mol. The van der Waals surface area contributed by atoms with Crippen LogP contribution in [0.4, 0.5) is 11.4 Å². The van der Waals surface area contributed by atoms with Crippen LogP contribution < -0.4 is 9.80 Å². The van der Waals surface area contributed by atoms with E-state index in [0.29, 0.717) is 13.0 Å². The highest BCUT2D eigenvalue weighted by atomic mass is 79.9. The molecule has 3 nitrogen and oxygen atoms in total. The second kappa shape index (κ2) is 8.25. The van der Waals surface area contributed by atoms with Crippen molar-refractivity contribution < 1.29 is 4.79 Å². The first-order chi connectivity index (χ1) is 15.4. The summed E-state index contributed by atoms with van der Waals surface area (Å²) in [6, 6.07) is 29.3. The van der Waals surface area contributed by atoms with Crippen LogP contribution in [0, 0.1) is 5.41 Å². The van der Waals surface area contributed by atoms with Crippen molar-refractivity contribution in [2.45, 2.75) is 32.9 Å². The van der Waals surface area contributed by atoms with Gasteiger partial charge in [-0.25, -0.2) is 0 Å². The Kier molecular flexibility index (Phi) is 5.42. The third-order valence-corrected chi connectivity index (χ3v) is 7.16. The summed E-state index contributed by atoms with van der Waals surface area (Å²) < 4.78 is 1.07. The van der Waals surface area contributed by atoms with Gasteiger partial charge in [0, 0.05) is 39.1 Å². The molecule has 0 radical (unpaired) electrons. The molecule has 0 spiro atoms. The van der Waals surface area contributed by atoms with Gasteiger partial charge in [0.25, 0.3) is 0 Å². The van der Waals surface area contributed by atoms with E-state index in [1.807, 2.05) is 18.2 Å². The van der Waals surface area contributed by atoms with E-state index in [1.54, 1.807) is 0 Å². The minimum Gasteiger partial charge on any atom is -0.342 e. The standard InChI is InChI=1S/C28H27BrN2O/c1-28(2)17-25-23(26(32)18-28)19-30(20-11-5-3-6-12-20)27(22-15-9-10-16-24(22)29)31(25)21-13-7-4-8-14-21/h3-16,27H,17-19H2,1-2H3. The van der Waals surface area contributed by atoms with Gasteiger partial charge < -0.3 is 9.80 Å². The van der Waals surface area contributed by atoms with E-state index in [0.717, 1.165) is 33.5 Å². The zero-order valence-corrected chi connectivity index (χ0v) is 20.0. The van der Waals surface area contributed by atoms with Crippen molar-refractivity contribution >= 4 is 33.1 Å². The molecule has 2 aliphatic rings. The number of anilines is 2. The van der Waals surface area contributed by atoms with E-state index >= 15 is 0 Å². The number of hydrogen-bond acceptors (Lipinski definition) is 3. The third kappa shape index (κ3) is 3.77. The highest BCUT2D eigenvalue weighted by Gasteiger charge is 2.44. The second-order valence-electron chi connectivity index (χ2n) is 9.43. The fourth-order valence-electron chi connectivity index (χ4n) is 5.01. The molecule has 4 heteroatoms. The minimum absolute atomic E-state index is 0.0592. The van der Waals surface area contributed by atoms with Gasteiger partial charge in [0.05, 0.1) is 6.54 Å². The van der Waals surface area contributed by atoms with E-state index in [9.17, 15) is 4.79 Å². The van der Waals surface area contributed by atoms with Gasteiger partial charge in [0.2, 0.25) is 0 Å². The zero-order chi connectivity index (χ0) is 22.3. The number of ketones is 1. The number of carbonyl (C=O) groups excluding carboxylic acids is 1. The molecule has 1 heterocycles. The number of allylic oxidation sites excluding steroid dienone is 1. The minimum atomic E-state index is -0.0733. The Morgan fingerprint density at radius 1 is 0.812 bits per heavy atom. The molecule has 3 aromatic carbocycles. The molecule has 1 aliphatic carbocycles. The summed E-state index contributed by atoms with van der Waals surface area (Å²) in [7, 11) is 0. The Labute approximate surface area is 198 Å². The maximum atomic E-state index is 13.4. The smallest absolute Gasteiger partial charge is 0.162 e. The molecule has 1 aliphatic heterocycles. The summed E-state index contributed by atoms with van der Waals surface area (Å²) in [5.74, 6) is 0.267. The van der Waals surface area contributed by atoms with Crippen molar-refractivity contribution in [2.75, 3.05) is 16.3 Å². The lowest BCUT2D eigenvalue weighted by molar-refractivity contribution is -0.118. The van der Waals surface area contributed by atoms with E-state index in [4.69, 9.17) is 0 Å². The maximum Gasteiger partial charge on any atom is 0.162 e. The van der Waals surface area contributed by atoms with E-state index in [1.165, 1.54) is 5.56 Å². The van der Waals surface area contributed by atoms with E-state index in [-0.39, 0.29) is 17.4 Å². The monoisotopic (exact) mass is 486 g/mol. The van der Waals surface area contributed by atoms with Gasteiger partial charge in [0.1, 0.15) is 6.17 Å². The van der Waals surface area contributed by atoms with Crippen LogP contribution in [0.15, 0.2) is 101 Å². The van der Waals surface area contributed by atoms with Crippen LogP contribution in [-0.4, -0.2) is 12.3 Å². The van der Waals surface area contributed by atoms with Crippen molar-refractivity contribution in [1.82, 2.24) is 0 Å². The Morgan fingerprint density at radius 2 is 1.41 bits per heavy atom. The van der Waals surface area contributed by atoms with Crippen LogP contribution >= 0.6 is 15.9 Å². The average molecular weight is 487 g/mol. The van der Waals surface area contributed by atoms with Gasteiger partial charge in [-0.1, -0.05) is 84.4 Å². The molecule has 0 fully saturated rings. The molecule has 5 rings (SSSR count). The van der Waals surface area contributed by atoms with Gasteiger partial charge >= 0.3 is 0 Å². The lowest BCUT2D eigenvalue weighted by atomic mass is 9.74. The number of benzene rings is 3. The second-order valence-corrected chi connectivity index (χ2v) is 10.3. The first-order valence-electron chi connectivity index (χ1n) is 11.1. The van der Waals surface area contributed by atoms with Crippen LogP contribution in [0.5, 0.6) is 0 Å². The normalized spacial score (nSPS) is 20.3. The predicted octanol–water partition coefficient (Wildman–Crippen LogP) is 7.12. The summed E-state index contributed by atoms with van der Waals surface area (Å²) in [5, 5.41) is 0. The van der Waals surface area contributed by atoms with Gasteiger partial charge in [0.15, 0.2) is 5.78 Å². The molecule has 0 amide bonds. The maximum absolute atomic E-state index is 13.4. The van der Waals surface area contributed by atoms with Crippen molar-refractivity contribution in [2.24, 2.45) is 5.41 Å². The Balaban J connectivity index is 1.78. The number of nitrogens with zero attached hydrogens (tertiary/aromatic N) is 2. The average Bonchev–Trinajstić information content (AvgIpc) is 2.79. The van der Waals surface area contributed by atoms with Crippen molar-refractivity contribution in [3.8, 4) is 0 Å². The largest absolute Gasteiger partial charge is 0.342 e. The molecule has 162 valence electrons. The Morgan fingerprint density at radius 3 is 2.06 bits per heavy atom. The molecule has 0 bridgehead atoms. The van der Waals surface area contributed by atoms with Crippen molar-refractivity contribution in [3.63, 3.8) is 0 Å².